The van der Waals surface area contributed by atoms with Crippen molar-refractivity contribution in [1.29, 1.82) is 0 Å². The van der Waals surface area contributed by atoms with Crippen LogP contribution in [0.4, 0.5) is 0 Å². The molecule has 124 valence electrons. The molecule has 0 spiro atoms. The predicted molar refractivity (Wildman–Crippen MR) is 85.0 cm³/mol. The minimum atomic E-state index is -0.242. The van der Waals surface area contributed by atoms with E-state index in [1.807, 2.05) is 18.2 Å². The lowest BCUT2D eigenvalue weighted by molar-refractivity contribution is -0.124. The van der Waals surface area contributed by atoms with Gasteiger partial charge in [0, 0.05) is 12.2 Å². The van der Waals surface area contributed by atoms with Gasteiger partial charge in [0.15, 0.2) is 0 Å². The second-order valence-electron chi connectivity index (χ2n) is 7.15. The van der Waals surface area contributed by atoms with Gasteiger partial charge >= 0.3 is 0 Å². The van der Waals surface area contributed by atoms with Crippen molar-refractivity contribution in [2.24, 2.45) is 11.8 Å². The van der Waals surface area contributed by atoms with E-state index in [0.29, 0.717) is 6.04 Å². The number of nitrogens with one attached hydrogen (secondary N) is 3. The maximum absolute atomic E-state index is 12.6. The summed E-state index contributed by atoms with van der Waals surface area (Å²) < 4.78 is 0. The first-order valence-electron chi connectivity index (χ1n) is 8.61. The molecule has 4 rings (SSSR count). The second kappa shape index (κ2) is 6.19. The van der Waals surface area contributed by atoms with E-state index in [0.717, 1.165) is 30.9 Å². The molecule has 4 N–H and O–H groups in total. The fourth-order valence-electron chi connectivity index (χ4n) is 3.71. The van der Waals surface area contributed by atoms with Crippen molar-refractivity contribution in [3.8, 4) is 0 Å². The number of pyridine rings is 1. The number of hydrogen-bond acceptors (Lipinski definition) is 5. The first-order chi connectivity index (χ1) is 11.2. The zero-order chi connectivity index (χ0) is 15.8. The fourth-order valence-corrected chi connectivity index (χ4v) is 3.71. The highest BCUT2D eigenvalue weighted by molar-refractivity contribution is 5.82. The number of aromatic nitrogens is 1. The number of aliphatic hydroxyl groups excluding tert-OH is 1. The second-order valence-corrected chi connectivity index (χ2v) is 7.15. The van der Waals surface area contributed by atoms with E-state index in [4.69, 9.17) is 0 Å². The monoisotopic (exact) mass is 316 g/mol. The molecule has 1 aromatic heterocycles. The van der Waals surface area contributed by atoms with Gasteiger partial charge in [-0.15, -0.1) is 0 Å². The molecule has 23 heavy (non-hydrogen) atoms. The van der Waals surface area contributed by atoms with Gasteiger partial charge in [0.25, 0.3) is 0 Å². The highest BCUT2D eigenvalue weighted by atomic mass is 16.3. The van der Waals surface area contributed by atoms with Crippen LogP contribution < -0.4 is 16.2 Å². The van der Waals surface area contributed by atoms with E-state index in [-0.39, 0.29) is 30.0 Å². The Bertz CT molecular complexity index is 557. The normalized spacial score (nSPS) is 34.7. The quantitative estimate of drug-likeness (QED) is 0.641. The minimum absolute atomic E-state index is 0.0256. The average Bonchev–Trinajstić information content (AvgIpc) is 3.27. The number of rotatable bonds is 5. The van der Waals surface area contributed by atoms with Crippen LogP contribution in [0.5, 0.6) is 0 Å². The predicted octanol–water partition coefficient (Wildman–Crippen LogP) is 0.655. The van der Waals surface area contributed by atoms with Gasteiger partial charge in [-0.2, -0.15) is 0 Å². The maximum Gasteiger partial charge on any atom is 0.239 e. The molecule has 0 bridgehead atoms. The van der Waals surface area contributed by atoms with Crippen LogP contribution in [0, 0.1) is 11.8 Å². The van der Waals surface area contributed by atoms with Crippen molar-refractivity contribution in [2.45, 2.75) is 56.3 Å². The summed E-state index contributed by atoms with van der Waals surface area (Å²) in [4.78, 5) is 17.0. The molecule has 2 aliphatic carbocycles. The molecule has 1 aromatic rings. The largest absolute Gasteiger partial charge is 0.393 e. The van der Waals surface area contributed by atoms with Crippen LogP contribution in [0.1, 0.15) is 43.8 Å². The van der Waals surface area contributed by atoms with Crippen LogP contribution in [0.2, 0.25) is 0 Å². The van der Waals surface area contributed by atoms with Gasteiger partial charge in [-0.05, 0) is 56.1 Å². The van der Waals surface area contributed by atoms with Gasteiger partial charge < -0.3 is 10.4 Å². The van der Waals surface area contributed by atoms with E-state index in [1.165, 1.54) is 12.8 Å². The molecular weight excluding hydrogens is 292 g/mol. The third-order valence-electron chi connectivity index (χ3n) is 5.37. The Kier molecular flexibility index (Phi) is 4.05. The van der Waals surface area contributed by atoms with Crippen molar-refractivity contribution in [3.63, 3.8) is 0 Å². The molecule has 0 radical (unpaired) electrons. The molecule has 6 nitrogen and oxygen atoms in total. The average molecular weight is 316 g/mol. The molecule has 3 atom stereocenters. The Morgan fingerprint density at radius 1 is 1.26 bits per heavy atom. The Labute approximate surface area is 136 Å². The van der Waals surface area contributed by atoms with Crippen LogP contribution in [-0.2, 0) is 4.79 Å². The first-order valence-corrected chi connectivity index (χ1v) is 8.61. The van der Waals surface area contributed by atoms with E-state index in [1.54, 1.807) is 6.20 Å². The smallest absolute Gasteiger partial charge is 0.239 e. The molecule has 6 heteroatoms. The number of hydrogen-bond donors (Lipinski definition) is 4. The molecule has 3 unspecified atom stereocenters. The van der Waals surface area contributed by atoms with Gasteiger partial charge in [-0.3, -0.25) is 15.2 Å². The van der Waals surface area contributed by atoms with Crippen molar-refractivity contribution in [2.75, 3.05) is 0 Å². The zero-order valence-electron chi connectivity index (χ0n) is 13.1. The summed E-state index contributed by atoms with van der Waals surface area (Å²) in [6, 6.07) is 5.88. The van der Waals surface area contributed by atoms with Gasteiger partial charge in [0.2, 0.25) is 5.91 Å². The van der Waals surface area contributed by atoms with Crippen molar-refractivity contribution in [1.82, 2.24) is 21.2 Å². The maximum atomic E-state index is 12.6. The van der Waals surface area contributed by atoms with Gasteiger partial charge in [-0.1, -0.05) is 6.07 Å². The van der Waals surface area contributed by atoms with Gasteiger partial charge in [0.1, 0.15) is 6.04 Å². The van der Waals surface area contributed by atoms with E-state index < -0.39 is 0 Å². The van der Waals surface area contributed by atoms with Gasteiger partial charge in [0.05, 0.1) is 17.8 Å². The van der Waals surface area contributed by atoms with Crippen LogP contribution >= 0.6 is 0 Å². The lowest BCUT2D eigenvalue weighted by atomic mass is 9.76. The van der Waals surface area contributed by atoms with Crippen LogP contribution in [-0.4, -0.2) is 34.2 Å². The van der Waals surface area contributed by atoms with Crippen molar-refractivity contribution < 1.29 is 9.90 Å². The highest BCUT2D eigenvalue weighted by Gasteiger charge is 2.41. The summed E-state index contributed by atoms with van der Waals surface area (Å²) in [6.07, 6.45) is 6.34. The third-order valence-corrected chi connectivity index (χ3v) is 5.37. The summed E-state index contributed by atoms with van der Waals surface area (Å²) in [7, 11) is 0. The van der Waals surface area contributed by atoms with Crippen molar-refractivity contribution in [3.05, 3.63) is 30.1 Å². The molecule has 3 fully saturated rings. The Hall–Kier alpha value is -1.50. The van der Waals surface area contributed by atoms with Crippen LogP contribution in [0.3, 0.4) is 0 Å². The third kappa shape index (κ3) is 3.24. The molecular formula is C17H24N4O2. The SMILES string of the molecule is O=C(NC(c1ccccn1)C1CC(O)C1)C1CC(C2CC2)NN1. The zero-order valence-corrected chi connectivity index (χ0v) is 13.1. The number of aliphatic hydroxyl groups is 1. The lowest BCUT2D eigenvalue weighted by Crippen LogP contribution is -2.48. The number of amides is 1. The first kappa shape index (κ1) is 15.1. The molecule has 3 aliphatic rings. The molecule has 1 aliphatic heterocycles. The molecule has 0 aromatic carbocycles. The Balaban J connectivity index is 1.41. The lowest BCUT2D eigenvalue weighted by Gasteiger charge is -2.38. The minimum Gasteiger partial charge on any atom is -0.393 e. The van der Waals surface area contributed by atoms with E-state index in [9.17, 15) is 9.90 Å². The summed E-state index contributed by atoms with van der Waals surface area (Å²) >= 11 is 0. The highest BCUT2D eigenvalue weighted by Crippen LogP contribution is 2.38. The molecule has 2 heterocycles. The summed E-state index contributed by atoms with van der Waals surface area (Å²) in [6.45, 7) is 0. The number of carbonyl (C=O) groups is 1. The topological polar surface area (TPSA) is 86.3 Å². The Morgan fingerprint density at radius 2 is 2.09 bits per heavy atom. The number of hydrazine groups is 1. The number of nitrogens with zero attached hydrogens (tertiary/aromatic N) is 1. The van der Waals surface area contributed by atoms with E-state index in [2.05, 4.69) is 21.2 Å². The van der Waals surface area contributed by atoms with Crippen molar-refractivity contribution >= 4 is 5.91 Å². The summed E-state index contributed by atoms with van der Waals surface area (Å²) in [5, 5.41) is 12.8. The molecule has 1 amide bonds. The van der Waals surface area contributed by atoms with E-state index >= 15 is 0 Å². The standard InChI is InChI=1S/C17H24N4O2/c22-12-7-11(8-12)16(13-3-1-2-6-18-13)19-17(23)15-9-14(20-21-15)10-4-5-10/h1-3,6,10-12,14-16,20-22H,4-5,7-9H2,(H,19,23). The molecule has 1 saturated heterocycles. The van der Waals surface area contributed by atoms with Crippen LogP contribution in [0.25, 0.3) is 0 Å². The summed E-state index contributed by atoms with van der Waals surface area (Å²) in [5.74, 6) is 1.02. The molecule has 2 saturated carbocycles. The summed E-state index contributed by atoms with van der Waals surface area (Å²) in [5.41, 5.74) is 7.27. The van der Waals surface area contributed by atoms with Crippen LogP contribution in [0.15, 0.2) is 24.4 Å². The Morgan fingerprint density at radius 3 is 2.74 bits per heavy atom. The van der Waals surface area contributed by atoms with Gasteiger partial charge in [-0.25, -0.2) is 5.43 Å². The number of carbonyl (C=O) groups excluding carboxylic acids is 1. The fraction of sp³-hybridized carbons (Fsp3) is 0.647.